The SMILES string of the molecule is CC(COCc1ccccc1)C1OC(C)(C)OC(C#N)C1C. The molecule has 0 radical (unpaired) electrons. The second kappa shape index (κ2) is 7.23. The van der Waals surface area contributed by atoms with Crippen LogP contribution < -0.4 is 0 Å². The summed E-state index contributed by atoms with van der Waals surface area (Å²) in [5, 5.41) is 9.26. The van der Waals surface area contributed by atoms with E-state index in [1.165, 1.54) is 0 Å². The van der Waals surface area contributed by atoms with Crippen LogP contribution in [0, 0.1) is 23.2 Å². The molecule has 1 aliphatic heterocycles. The molecule has 1 aromatic rings. The number of nitrogens with zero attached hydrogens (tertiary/aromatic N) is 1. The van der Waals surface area contributed by atoms with E-state index >= 15 is 0 Å². The number of ether oxygens (including phenoxy) is 3. The van der Waals surface area contributed by atoms with E-state index in [1.54, 1.807) is 0 Å². The average Bonchev–Trinajstić information content (AvgIpc) is 2.50. The minimum Gasteiger partial charge on any atom is -0.376 e. The molecule has 4 heteroatoms. The molecular formula is C18H25NO3. The van der Waals surface area contributed by atoms with Crippen LogP contribution in [0.1, 0.15) is 33.3 Å². The normalized spacial score (nSPS) is 28.8. The molecule has 0 spiro atoms. The van der Waals surface area contributed by atoms with Crippen LogP contribution in [0.3, 0.4) is 0 Å². The van der Waals surface area contributed by atoms with Gasteiger partial charge in [-0.05, 0) is 19.4 Å². The summed E-state index contributed by atoms with van der Waals surface area (Å²) < 4.78 is 17.5. The van der Waals surface area contributed by atoms with E-state index in [2.05, 4.69) is 13.0 Å². The van der Waals surface area contributed by atoms with Gasteiger partial charge in [-0.15, -0.1) is 0 Å². The van der Waals surface area contributed by atoms with Crippen LogP contribution in [0.5, 0.6) is 0 Å². The van der Waals surface area contributed by atoms with Crippen LogP contribution in [0.2, 0.25) is 0 Å². The van der Waals surface area contributed by atoms with Crippen molar-refractivity contribution < 1.29 is 14.2 Å². The molecule has 1 fully saturated rings. The van der Waals surface area contributed by atoms with Gasteiger partial charge in [0.25, 0.3) is 0 Å². The molecule has 2 rings (SSSR count). The second-order valence-electron chi connectivity index (χ2n) is 6.49. The largest absolute Gasteiger partial charge is 0.376 e. The van der Waals surface area contributed by atoms with Crippen molar-refractivity contribution in [3.05, 3.63) is 35.9 Å². The highest BCUT2D eigenvalue weighted by Crippen LogP contribution is 2.34. The predicted molar refractivity (Wildman–Crippen MR) is 83.9 cm³/mol. The fraction of sp³-hybridized carbons (Fsp3) is 0.611. The Morgan fingerprint density at radius 2 is 1.95 bits per heavy atom. The molecule has 22 heavy (non-hydrogen) atoms. The Kier molecular flexibility index (Phi) is 5.57. The Hall–Kier alpha value is -1.41. The molecule has 4 atom stereocenters. The van der Waals surface area contributed by atoms with Gasteiger partial charge in [-0.3, -0.25) is 0 Å². The third-order valence-corrected chi connectivity index (χ3v) is 4.01. The summed E-state index contributed by atoms with van der Waals surface area (Å²) in [5.41, 5.74) is 1.16. The molecule has 1 saturated heterocycles. The zero-order valence-corrected chi connectivity index (χ0v) is 13.8. The van der Waals surface area contributed by atoms with Crippen molar-refractivity contribution in [1.82, 2.24) is 0 Å². The molecule has 120 valence electrons. The summed E-state index contributed by atoms with van der Waals surface area (Å²) in [7, 11) is 0. The fourth-order valence-corrected chi connectivity index (χ4v) is 2.86. The monoisotopic (exact) mass is 303 g/mol. The van der Waals surface area contributed by atoms with Crippen LogP contribution in [0.25, 0.3) is 0 Å². The lowest BCUT2D eigenvalue weighted by Gasteiger charge is -2.44. The van der Waals surface area contributed by atoms with Gasteiger partial charge in [0.05, 0.1) is 25.4 Å². The van der Waals surface area contributed by atoms with Gasteiger partial charge in [-0.25, -0.2) is 0 Å². The predicted octanol–water partition coefficient (Wildman–Crippen LogP) is 3.52. The van der Waals surface area contributed by atoms with Crippen molar-refractivity contribution >= 4 is 0 Å². The molecule has 0 N–H and O–H groups in total. The molecule has 1 heterocycles. The van der Waals surface area contributed by atoms with E-state index in [4.69, 9.17) is 14.2 Å². The number of nitriles is 1. The maximum absolute atomic E-state index is 9.26. The van der Waals surface area contributed by atoms with Crippen molar-refractivity contribution in [1.29, 1.82) is 5.26 Å². The molecule has 0 aliphatic carbocycles. The summed E-state index contributed by atoms with van der Waals surface area (Å²) in [5.74, 6) is -0.517. The van der Waals surface area contributed by atoms with Gasteiger partial charge in [0.1, 0.15) is 0 Å². The lowest BCUT2D eigenvalue weighted by Crippen LogP contribution is -2.52. The quantitative estimate of drug-likeness (QED) is 0.835. The van der Waals surface area contributed by atoms with E-state index < -0.39 is 11.9 Å². The van der Waals surface area contributed by atoms with Gasteiger partial charge >= 0.3 is 0 Å². The Morgan fingerprint density at radius 1 is 1.27 bits per heavy atom. The Morgan fingerprint density at radius 3 is 2.59 bits per heavy atom. The van der Waals surface area contributed by atoms with E-state index in [1.807, 2.05) is 51.1 Å². The van der Waals surface area contributed by atoms with Crippen molar-refractivity contribution in [2.75, 3.05) is 6.61 Å². The minimum absolute atomic E-state index is 0.0216. The van der Waals surface area contributed by atoms with Crippen LogP contribution >= 0.6 is 0 Å². The standard InChI is InChI=1S/C18H25NO3/c1-13(11-20-12-15-8-6-5-7-9-15)17-14(2)16(10-19)21-18(3,4)22-17/h5-9,13-14,16-17H,11-12H2,1-4H3. The summed E-state index contributed by atoms with van der Waals surface area (Å²) >= 11 is 0. The third-order valence-electron chi connectivity index (χ3n) is 4.01. The first-order valence-corrected chi connectivity index (χ1v) is 7.80. The zero-order chi connectivity index (χ0) is 16.2. The highest BCUT2D eigenvalue weighted by Gasteiger charge is 2.43. The fourth-order valence-electron chi connectivity index (χ4n) is 2.86. The van der Waals surface area contributed by atoms with Crippen LogP contribution in [0.4, 0.5) is 0 Å². The highest BCUT2D eigenvalue weighted by atomic mass is 16.7. The summed E-state index contributed by atoms with van der Waals surface area (Å²) in [6, 6.07) is 12.3. The van der Waals surface area contributed by atoms with E-state index in [9.17, 15) is 5.26 Å². The number of hydrogen-bond acceptors (Lipinski definition) is 4. The average molecular weight is 303 g/mol. The molecule has 0 bridgehead atoms. The molecule has 0 amide bonds. The summed E-state index contributed by atoms with van der Waals surface area (Å²) in [6.07, 6.45) is -0.491. The first kappa shape index (κ1) is 17.0. The van der Waals surface area contributed by atoms with E-state index in [0.717, 1.165) is 5.56 Å². The van der Waals surface area contributed by atoms with Crippen LogP contribution in [0.15, 0.2) is 30.3 Å². The van der Waals surface area contributed by atoms with Gasteiger partial charge in [-0.2, -0.15) is 5.26 Å². The summed E-state index contributed by atoms with van der Waals surface area (Å²) in [4.78, 5) is 0. The zero-order valence-electron chi connectivity index (χ0n) is 13.8. The Balaban J connectivity index is 1.90. The van der Waals surface area contributed by atoms with Crippen molar-refractivity contribution in [3.8, 4) is 6.07 Å². The number of benzene rings is 1. The van der Waals surface area contributed by atoms with Gasteiger partial charge in [0, 0.05) is 11.8 Å². The Bertz CT molecular complexity index is 509. The molecule has 0 saturated carbocycles. The van der Waals surface area contributed by atoms with Crippen LogP contribution in [-0.2, 0) is 20.8 Å². The van der Waals surface area contributed by atoms with Crippen LogP contribution in [-0.4, -0.2) is 24.6 Å². The van der Waals surface area contributed by atoms with E-state index in [-0.39, 0.29) is 17.9 Å². The summed E-state index contributed by atoms with van der Waals surface area (Å²) in [6.45, 7) is 9.00. The molecule has 1 aromatic carbocycles. The lowest BCUT2D eigenvalue weighted by atomic mass is 9.88. The van der Waals surface area contributed by atoms with E-state index in [0.29, 0.717) is 13.2 Å². The topological polar surface area (TPSA) is 51.5 Å². The smallest absolute Gasteiger partial charge is 0.164 e. The lowest BCUT2D eigenvalue weighted by molar-refractivity contribution is -0.317. The third kappa shape index (κ3) is 4.30. The van der Waals surface area contributed by atoms with Crippen molar-refractivity contribution in [2.24, 2.45) is 11.8 Å². The second-order valence-corrected chi connectivity index (χ2v) is 6.49. The molecule has 0 aromatic heterocycles. The molecule has 1 aliphatic rings. The molecular weight excluding hydrogens is 278 g/mol. The molecule has 4 unspecified atom stereocenters. The maximum Gasteiger partial charge on any atom is 0.164 e. The Labute approximate surface area is 133 Å². The van der Waals surface area contributed by atoms with Gasteiger partial charge in [-0.1, -0.05) is 44.2 Å². The first-order valence-electron chi connectivity index (χ1n) is 7.80. The highest BCUT2D eigenvalue weighted by molar-refractivity contribution is 5.13. The van der Waals surface area contributed by atoms with Gasteiger partial charge in [0.2, 0.25) is 0 Å². The molecule has 4 nitrogen and oxygen atoms in total. The van der Waals surface area contributed by atoms with Crippen molar-refractivity contribution in [2.45, 2.75) is 52.3 Å². The number of hydrogen-bond donors (Lipinski definition) is 0. The number of rotatable bonds is 5. The first-order chi connectivity index (χ1) is 10.4. The van der Waals surface area contributed by atoms with Crippen molar-refractivity contribution in [3.63, 3.8) is 0 Å². The van der Waals surface area contributed by atoms with Gasteiger partial charge in [0.15, 0.2) is 11.9 Å². The maximum atomic E-state index is 9.26. The minimum atomic E-state index is -0.731. The van der Waals surface area contributed by atoms with Gasteiger partial charge < -0.3 is 14.2 Å².